The van der Waals surface area contributed by atoms with Crippen LogP contribution in [0.15, 0.2) is 28.9 Å². The second-order valence-corrected chi connectivity index (χ2v) is 5.81. The highest BCUT2D eigenvalue weighted by molar-refractivity contribution is 9.10. The van der Waals surface area contributed by atoms with Crippen molar-refractivity contribution in [2.75, 3.05) is 5.73 Å². The van der Waals surface area contributed by atoms with E-state index >= 15 is 0 Å². The van der Waals surface area contributed by atoms with Gasteiger partial charge in [0, 0.05) is 27.2 Å². The number of pyridine rings is 1. The van der Waals surface area contributed by atoms with Gasteiger partial charge in [-0.25, -0.2) is 9.37 Å². The Morgan fingerprint density at radius 1 is 1.37 bits per heavy atom. The van der Waals surface area contributed by atoms with Gasteiger partial charge >= 0.3 is 0 Å². The minimum absolute atomic E-state index is 0.0133. The summed E-state index contributed by atoms with van der Waals surface area (Å²) in [6, 6.07) is 4.55. The summed E-state index contributed by atoms with van der Waals surface area (Å²) in [5, 5.41) is 0.414. The molecule has 0 spiro atoms. The molecular formula is C13H10BrCl2FN2. The molecule has 1 aromatic carbocycles. The molecular weight excluding hydrogens is 354 g/mol. The summed E-state index contributed by atoms with van der Waals surface area (Å²) in [7, 11) is 0. The molecule has 0 aliphatic carbocycles. The van der Waals surface area contributed by atoms with E-state index in [2.05, 4.69) is 20.9 Å². The van der Waals surface area contributed by atoms with E-state index in [9.17, 15) is 4.39 Å². The van der Waals surface area contributed by atoms with E-state index in [4.69, 9.17) is 28.9 Å². The number of nitrogens with zero attached hydrogens (tertiary/aromatic N) is 1. The van der Waals surface area contributed by atoms with E-state index in [0.717, 1.165) is 10.0 Å². The van der Waals surface area contributed by atoms with E-state index in [1.54, 1.807) is 6.20 Å². The number of nitrogens with two attached hydrogens (primary N) is 1. The summed E-state index contributed by atoms with van der Waals surface area (Å²) in [6.07, 6.45) is 1.60. The van der Waals surface area contributed by atoms with Gasteiger partial charge in [0.05, 0.1) is 5.02 Å². The molecule has 0 saturated heterocycles. The highest BCUT2D eigenvalue weighted by atomic mass is 79.9. The first-order valence-corrected chi connectivity index (χ1v) is 7.01. The zero-order valence-corrected chi connectivity index (χ0v) is 13.0. The van der Waals surface area contributed by atoms with Gasteiger partial charge in [-0.15, -0.1) is 0 Å². The molecule has 2 rings (SSSR count). The molecule has 1 aromatic heterocycles. The number of halogens is 4. The van der Waals surface area contributed by atoms with Crippen LogP contribution < -0.4 is 5.73 Å². The van der Waals surface area contributed by atoms with Crippen molar-refractivity contribution in [3.8, 4) is 0 Å². The summed E-state index contributed by atoms with van der Waals surface area (Å²) in [6.45, 7) is 1.85. The van der Waals surface area contributed by atoms with Crippen molar-refractivity contribution < 1.29 is 4.39 Å². The van der Waals surface area contributed by atoms with Crippen LogP contribution in [0.25, 0.3) is 0 Å². The maximum Gasteiger partial charge on any atom is 0.142 e. The Labute approximate surface area is 128 Å². The van der Waals surface area contributed by atoms with Crippen molar-refractivity contribution in [1.29, 1.82) is 0 Å². The summed E-state index contributed by atoms with van der Waals surface area (Å²) in [4.78, 5) is 4.06. The highest BCUT2D eigenvalue weighted by Gasteiger charge is 2.21. The summed E-state index contributed by atoms with van der Waals surface area (Å²) >= 11 is 15.4. The fraction of sp³-hybridized carbons (Fsp3) is 0.154. The quantitative estimate of drug-likeness (QED) is 0.760. The Hall–Kier alpha value is -0.840. The van der Waals surface area contributed by atoms with Crippen LogP contribution in [0.5, 0.6) is 0 Å². The van der Waals surface area contributed by atoms with Crippen molar-refractivity contribution >= 4 is 44.9 Å². The number of benzene rings is 1. The summed E-state index contributed by atoms with van der Waals surface area (Å²) in [5.74, 6) is -0.401. The number of hydrogen-bond acceptors (Lipinski definition) is 2. The van der Waals surface area contributed by atoms with Gasteiger partial charge in [0.25, 0.3) is 0 Å². The van der Waals surface area contributed by atoms with Crippen molar-refractivity contribution in [1.82, 2.24) is 4.98 Å². The molecule has 0 radical (unpaired) electrons. The lowest BCUT2D eigenvalue weighted by Gasteiger charge is -2.17. The molecule has 2 nitrogen and oxygen atoms in total. The van der Waals surface area contributed by atoms with Crippen molar-refractivity contribution in [3.63, 3.8) is 0 Å². The molecule has 100 valence electrons. The van der Waals surface area contributed by atoms with Crippen molar-refractivity contribution in [2.45, 2.75) is 12.8 Å². The van der Waals surface area contributed by atoms with Crippen LogP contribution in [-0.4, -0.2) is 4.98 Å². The lowest BCUT2D eigenvalue weighted by molar-refractivity contribution is 0.624. The molecule has 1 atom stereocenters. The van der Waals surface area contributed by atoms with Crippen LogP contribution in [0.4, 0.5) is 10.2 Å². The minimum atomic E-state index is -0.505. The number of hydrogen-bond donors (Lipinski definition) is 1. The molecule has 0 bridgehead atoms. The lowest BCUT2D eigenvalue weighted by Crippen LogP contribution is -2.05. The topological polar surface area (TPSA) is 38.9 Å². The summed E-state index contributed by atoms with van der Waals surface area (Å²) < 4.78 is 14.4. The third-order valence-electron chi connectivity index (χ3n) is 2.90. The Kier molecular flexibility index (Phi) is 4.33. The predicted octanol–water partition coefficient (Wildman–Crippen LogP) is 5.02. The molecule has 0 fully saturated rings. The highest BCUT2D eigenvalue weighted by Crippen LogP contribution is 2.38. The van der Waals surface area contributed by atoms with Crippen LogP contribution in [-0.2, 0) is 0 Å². The van der Waals surface area contributed by atoms with E-state index in [1.807, 2.05) is 13.0 Å². The number of nitrogen functional groups attached to an aromatic ring is 1. The Morgan fingerprint density at radius 3 is 2.74 bits per heavy atom. The van der Waals surface area contributed by atoms with Crippen molar-refractivity contribution in [2.24, 2.45) is 0 Å². The first-order valence-electron chi connectivity index (χ1n) is 5.46. The zero-order chi connectivity index (χ0) is 14.2. The molecule has 2 aromatic rings. The van der Waals surface area contributed by atoms with E-state index in [0.29, 0.717) is 16.4 Å². The van der Waals surface area contributed by atoms with Gasteiger partial charge in [-0.3, -0.25) is 0 Å². The van der Waals surface area contributed by atoms with Gasteiger partial charge < -0.3 is 5.73 Å². The van der Waals surface area contributed by atoms with Crippen LogP contribution >= 0.6 is 39.1 Å². The van der Waals surface area contributed by atoms with Crippen LogP contribution in [0.1, 0.15) is 24.0 Å². The zero-order valence-electron chi connectivity index (χ0n) is 9.92. The van der Waals surface area contributed by atoms with Gasteiger partial charge in [0.2, 0.25) is 0 Å². The fourth-order valence-corrected chi connectivity index (χ4v) is 2.95. The van der Waals surface area contributed by atoms with E-state index in [-0.39, 0.29) is 10.9 Å². The SMILES string of the molecule is CC(c1cc(Br)cnc1N)c1c(Cl)ccc(F)c1Cl. The molecule has 0 aliphatic rings. The average molecular weight is 364 g/mol. The maximum absolute atomic E-state index is 13.6. The molecule has 0 aliphatic heterocycles. The predicted molar refractivity (Wildman–Crippen MR) is 80.3 cm³/mol. The molecule has 6 heteroatoms. The fourth-order valence-electron chi connectivity index (χ4n) is 1.91. The summed E-state index contributed by atoms with van der Waals surface area (Å²) in [5.41, 5.74) is 7.10. The monoisotopic (exact) mass is 362 g/mol. The van der Waals surface area contributed by atoms with Gasteiger partial charge in [0.15, 0.2) is 0 Å². The first kappa shape index (κ1) is 14.6. The van der Waals surface area contributed by atoms with E-state index in [1.165, 1.54) is 12.1 Å². The van der Waals surface area contributed by atoms with E-state index < -0.39 is 5.82 Å². The molecule has 0 amide bonds. The number of rotatable bonds is 2. The molecule has 19 heavy (non-hydrogen) atoms. The number of anilines is 1. The molecule has 2 N–H and O–H groups in total. The Balaban J connectivity index is 2.59. The maximum atomic E-state index is 13.6. The average Bonchev–Trinajstić information content (AvgIpc) is 2.37. The van der Waals surface area contributed by atoms with Gasteiger partial charge in [-0.1, -0.05) is 30.1 Å². The molecule has 0 saturated carbocycles. The third-order valence-corrected chi connectivity index (χ3v) is 4.04. The molecule has 1 heterocycles. The van der Waals surface area contributed by atoms with Gasteiger partial charge in [0.1, 0.15) is 11.6 Å². The lowest BCUT2D eigenvalue weighted by atomic mass is 9.93. The third kappa shape index (κ3) is 2.86. The standard InChI is InChI=1S/C13H10BrCl2FN2/c1-6(8-4-7(14)5-19-13(8)18)11-9(15)2-3-10(17)12(11)16/h2-6H,1H3,(H2,18,19). The van der Waals surface area contributed by atoms with Crippen molar-refractivity contribution in [3.05, 3.63) is 55.9 Å². The first-order chi connectivity index (χ1) is 8.91. The van der Waals surface area contributed by atoms with Gasteiger partial charge in [-0.2, -0.15) is 0 Å². The smallest absolute Gasteiger partial charge is 0.142 e. The van der Waals surface area contributed by atoms with Crippen LogP contribution in [0.3, 0.4) is 0 Å². The largest absolute Gasteiger partial charge is 0.383 e. The number of aromatic nitrogens is 1. The Morgan fingerprint density at radius 2 is 2.05 bits per heavy atom. The Bertz CT molecular complexity index is 634. The van der Waals surface area contributed by atoms with Gasteiger partial charge in [-0.05, 0) is 39.7 Å². The van der Waals surface area contributed by atoms with Crippen LogP contribution in [0, 0.1) is 5.82 Å². The normalized spacial score (nSPS) is 12.5. The minimum Gasteiger partial charge on any atom is -0.383 e. The molecule has 1 unspecified atom stereocenters. The second kappa shape index (κ2) is 5.65. The second-order valence-electron chi connectivity index (χ2n) is 4.11. The van der Waals surface area contributed by atoms with Crippen LogP contribution in [0.2, 0.25) is 10.0 Å².